The highest BCUT2D eigenvalue weighted by Crippen LogP contribution is 2.38. The van der Waals surface area contributed by atoms with Crippen molar-refractivity contribution in [3.63, 3.8) is 0 Å². The van der Waals surface area contributed by atoms with E-state index in [1.165, 1.54) is 0 Å². The third kappa shape index (κ3) is 3.78. The molecule has 6 nitrogen and oxygen atoms in total. The van der Waals surface area contributed by atoms with Gasteiger partial charge in [-0.1, -0.05) is 24.3 Å². The van der Waals surface area contributed by atoms with Crippen LogP contribution in [0.3, 0.4) is 0 Å². The van der Waals surface area contributed by atoms with Crippen molar-refractivity contribution in [2.24, 2.45) is 0 Å². The van der Waals surface area contributed by atoms with E-state index in [9.17, 15) is 9.59 Å². The molecule has 0 unspecified atom stereocenters. The number of amides is 2. The number of hydrogen-bond donors (Lipinski definition) is 1. The second-order valence-electron chi connectivity index (χ2n) is 6.72. The van der Waals surface area contributed by atoms with E-state index in [0.29, 0.717) is 28.4 Å². The molecule has 0 bridgehead atoms. The van der Waals surface area contributed by atoms with E-state index in [-0.39, 0.29) is 18.2 Å². The van der Waals surface area contributed by atoms with Crippen LogP contribution >= 0.6 is 0 Å². The van der Waals surface area contributed by atoms with E-state index in [1.54, 1.807) is 37.3 Å². The Morgan fingerprint density at radius 1 is 1.03 bits per heavy atom. The van der Waals surface area contributed by atoms with Crippen molar-refractivity contribution >= 4 is 23.2 Å². The molecule has 0 aliphatic carbocycles. The highest BCUT2D eigenvalue weighted by molar-refractivity contribution is 6.10. The first kappa shape index (κ1) is 18.6. The minimum Gasteiger partial charge on any atom is -0.497 e. The fourth-order valence-corrected chi connectivity index (χ4v) is 3.23. The Bertz CT molecular complexity index is 1080. The van der Waals surface area contributed by atoms with Crippen LogP contribution in [0.15, 0.2) is 66.7 Å². The quantitative estimate of drug-likeness (QED) is 0.725. The summed E-state index contributed by atoms with van der Waals surface area (Å²) in [6.07, 6.45) is 0.219. The number of nitrogens with one attached hydrogen (secondary N) is 1. The molecule has 0 aromatic heterocycles. The largest absolute Gasteiger partial charge is 0.497 e. The molecule has 0 radical (unpaired) electrons. The van der Waals surface area contributed by atoms with Crippen molar-refractivity contribution in [2.75, 3.05) is 24.4 Å². The topological polar surface area (TPSA) is 67.9 Å². The van der Waals surface area contributed by atoms with E-state index >= 15 is 0 Å². The van der Waals surface area contributed by atoms with Crippen molar-refractivity contribution in [3.05, 3.63) is 77.9 Å². The molecule has 0 atom stereocenters. The van der Waals surface area contributed by atoms with E-state index < -0.39 is 0 Å². The molecule has 4 rings (SSSR count). The molecule has 0 fully saturated rings. The van der Waals surface area contributed by atoms with Crippen LogP contribution in [0.4, 0.5) is 11.4 Å². The Hall–Kier alpha value is -3.80. The van der Waals surface area contributed by atoms with Crippen LogP contribution in [0.5, 0.6) is 17.2 Å². The molecule has 6 heteroatoms. The van der Waals surface area contributed by atoms with Crippen LogP contribution in [-0.4, -0.2) is 26.0 Å². The van der Waals surface area contributed by atoms with Crippen LogP contribution in [0.1, 0.15) is 15.9 Å². The Labute approximate surface area is 168 Å². The summed E-state index contributed by atoms with van der Waals surface area (Å²) in [5.74, 6) is 1.44. The number of benzene rings is 3. The predicted molar refractivity (Wildman–Crippen MR) is 111 cm³/mol. The zero-order chi connectivity index (χ0) is 20.4. The molecule has 0 spiro atoms. The van der Waals surface area contributed by atoms with Gasteiger partial charge in [-0.3, -0.25) is 9.59 Å². The first-order valence-corrected chi connectivity index (χ1v) is 9.17. The Kier molecular flexibility index (Phi) is 4.91. The fraction of sp³-hybridized carbons (Fsp3) is 0.130. The van der Waals surface area contributed by atoms with Crippen LogP contribution in [0.25, 0.3) is 0 Å². The maximum atomic E-state index is 12.9. The first-order valence-electron chi connectivity index (χ1n) is 9.17. The minimum absolute atomic E-state index is 0.172. The van der Waals surface area contributed by atoms with Gasteiger partial charge in [0.15, 0.2) is 5.75 Å². The average Bonchev–Trinajstić information content (AvgIpc) is 2.84. The molecule has 3 aromatic carbocycles. The number of carbonyl (C=O) groups excluding carboxylic acids is 2. The van der Waals surface area contributed by atoms with E-state index in [0.717, 1.165) is 11.3 Å². The summed E-state index contributed by atoms with van der Waals surface area (Å²) in [5.41, 5.74) is 2.50. The van der Waals surface area contributed by atoms with Crippen molar-refractivity contribution in [3.8, 4) is 17.2 Å². The molecular weight excluding hydrogens is 368 g/mol. The molecule has 1 aliphatic rings. The van der Waals surface area contributed by atoms with Gasteiger partial charge in [0, 0.05) is 12.7 Å². The summed E-state index contributed by atoms with van der Waals surface area (Å²) in [7, 11) is 3.30. The SMILES string of the molecule is COc1ccc(CC(=O)Nc2ccc3c(c2)C(=O)N(C)c2ccccc2O3)cc1. The van der Waals surface area contributed by atoms with Gasteiger partial charge in [-0.05, 0) is 48.0 Å². The third-order valence-electron chi connectivity index (χ3n) is 4.77. The summed E-state index contributed by atoms with van der Waals surface area (Å²) in [6.45, 7) is 0. The number of fused-ring (bicyclic) bond motifs is 2. The van der Waals surface area contributed by atoms with E-state index in [1.807, 2.05) is 48.5 Å². The lowest BCUT2D eigenvalue weighted by molar-refractivity contribution is -0.115. The number of rotatable bonds is 4. The summed E-state index contributed by atoms with van der Waals surface area (Å²) >= 11 is 0. The lowest BCUT2D eigenvalue weighted by atomic mass is 10.1. The number of nitrogens with zero attached hydrogens (tertiary/aromatic N) is 1. The third-order valence-corrected chi connectivity index (χ3v) is 4.77. The number of para-hydroxylation sites is 2. The summed E-state index contributed by atoms with van der Waals surface area (Å²) in [4.78, 5) is 26.9. The van der Waals surface area contributed by atoms with Crippen molar-refractivity contribution in [1.29, 1.82) is 0 Å². The number of hydrogen-bond acceptors (Lipinski definition) is 4. The van der Waals surface area contributed by atoms with Gasteiger partial charge < -0.3 is 19.7 Å². The molecular formula is C23H20N2O4. The number of carbonyl (C=O) groups is 2. The fourth-order valence-electron chi connectivity index (χ4n) is 3.23. The molecule has 146 valence electrons. The van der Waals surface area contributed by atoms with Crippen LogP contribution < -0.4 is 19.7 Å². The van der Waals surface area contributed by atoms with Gasteiger partial charge >= 0.3 is 0 Å². The maximum absolute atomic E-state index is 12.9. The maximum Gasteiger partial charge on any atom is 0.261 e. The molecule has 1 aliphatic heterocycles. The van der Waals surface area contributed by atoms with Gasteiger partial charge in [0.1, 0.15) is 11.5 Å². The van der Waals surface area contributed by atoms with Crippen molar-refractivity contribution in [1.82, 2.24) is 0 Å². The van der Waals surface area contributed by atoms with Gasteiger partial charge in [0.05, 0.1) is 24.8 Å². The highest BCUT2D eigenvalue weighted by atomic mass is 16.5. The summed E-state index contributed by atoms with van der Waals surface area (Å²) < 4.78 is 11.1. The summed E-state index contributed by atoms with van der Waals surface area (Å²) in [5, 5.41) is 2.85. The smallest absolute Gasteiger partial charge is 0.261 e. The van der Waals surface area contributed by atoms with Gasteiger partial charge in [-0.25, -0.2) is 0 Å². The Balaban J connectivity index is 1.53. The van der Waals surface area contributed by atoms with Crippen LogP contribution in [0, 0.1) is 0 Å². The predicted octanol–water partition coefficient (Wildman–Crippen LogP) is 4.26. The monoisotopic (exact) mass is 388 g/mol. The molecule has 2 amide bonds. The van der Waals surface area contributed by atoms with Gasteiger partial charge in [-0.2, -0.15) is 0 Å². The van der Waals surface area contributed by atoms with E-state index in [2.05, 4.69) is 5.32 Å². The zero-order valence-corrected chi connectivity index (χ0v) is 16.1. The van der Waals surface area contributed by atoms with E-state index in [4.69, 9.17) is 9.47 Å². The number of anilines is 2. The van der Waals surface area contributed by atoms with Crippen molar-refractivity contribution in [2.45, 2.75) is 6.42 Å². The van der Waals surface area contributed by atoms with Gasteiger partial charge in [-0.15, -0.1) is 0 Å². The molecule has 0 saturated heterocycles. The van der Waals surface area contributed by atoms with Crippen LogP contribution in [0.2, 0.25) is 0 Å². The molecule has 0 saturated carbocycles. The normalized spacial score (nSPS) is 12.3. The summed E-state index contributed by atoms with van der Waals surface area (Å²) in [6, 6.07) is 19.8. The van der Waals surface area contributed by atoms with Gasteiger partial charge in [0.2, 0.25) is 5.91 Å². The molecule has 1 N–H and O–H groups in total. The van der Waals surface area contributed by atoms with Crippen molar-refractivity contribution < 1.29 is 19.1 Å². The average molecular weight is 388 g/mol. The Morgan fingerprint density at radius 3 is 2.55 bits per heavy atom. The minimum atomic E-state index is -0.198. The second-order valence-corrected chi connectivity index (χ2v) is 6.72. The van der Waals surface area contributed by atoms with Crippen LogP contribution in [-0.2, 0) is 11.2 Å². The highest BCUT2D eigenvalue weighted by Gasteiger charge is 2.25. The van der Waals surface area contributed by atoms with Gasteiger partial charge in [0.25, 0.3) is 5.91 Å². The Morgan fingerprint density at radius 2 is 1.79 bits per heavy atom. The lowest BCUT2D eigenvalue weighted by Crippen LogP contribution is -2.25. The standard InChI is InChI=1S/C23H20N2O4/c1-25-19-5-3-4-6-21(19)29-20-12-9-16(14-18(20)23(25)27)24-22(26)13-15-7-10-17(28-2)11-8-15/h3-12,14H,13H2,1-2H3,(H,24,26). The molecule has 3 aromatic rings. The second kappa shape index (κ2) is 7.67. The first-order chi connectivity index (χ1) is 14.0. The lowest BCUT2D eigenvalue weighted by Gasteiger charge is -2.16. The zero-order valence-electron chi connectivity index (χ0n) is 16.1. The number of ether oxygens (including phenoxy) is 2. The molecule has 29 heavy (non-hydrogen) atoms. The molecule has 1 heterocycles. The number of methoxy groups -OCH3 is 1.